The number of likely N-dealkylation sites (N-methyl/N-ethyl adjacent to an activating group) is 1. The minimum atomic E-state index is -0.532. The number of rotatable bonds is 7. The van der Waals surface area contributed by atoms with Crippen LogP contribution in [-0.2, 0) is 9.59 Å². The van der Waals surface area contributed by atoms with Crippen LogP contribution in [0.1, 0.15) is 62.9 Å². The van der Waals surface area contributed by atoms with Gasteiger partial charge in [-0.3, -0.25) is 9.59 Å². The van der Waals surface area contributed by atoms with Gasteiger partial charge < -0.3 is 15.5 Å². The minimum Gasteiger partial charge on any atom is -0.343 e. The van der Waals surface area contributed by atoms with Gasteiger partial charge in [0, 0.05) is 12.1 Å². The number of likely N-dealkylation sites (tertiary alicyclic amines) is 1. The summed E-state index contributed by atoms with van der Waals surface area (Å²) in [6.07, 6.45) is 6.93. The molecule has 2 amide bonds. The summed E-state index contributed by atoms with van der Waals surface area (Å²) in [5, 5.41) is 6.90. The van der Waals surface area contributed by atoms with E-state index >= 15 is 0 Å². The molecule has 2 fully saturated rings. The van der Waals surface area contributed by atoms with Crippen molar-refractivity contribution in [2.24, 2.45) is 5.92 Å². The van der Waals surface area contributed by atoms with Crippen LogP contribution >= 0.6 is 11.3 Å². The van der Waals surface area contributed by atoms with Crippen molar-refractivity contribution in [3.63, 3.8) is 0 Å². The Balaban J connectivity index is 1.46. The molecule has 2 heterocycles. The second-order valence-corrected chi connectivity index (χ2v) is 11.4. The number of hydrogen-bond acceptors (Lipinski definition) is 5. The highest BCUT2D eigenvalue weighted by Crippen LogP contribution is 2.40. The fourth-order valence-corrected chi connectivity index (χ4v) is 6.88. The topological polar surface area (TPSA) is 74.3 Å². The van der Waals surface area contributed by atoms with Gasteiger partial charge in [0.05, 0.1) is 22.3 Å². The molecule has 0 spiro atoms. The van der Waals surface area contributed by atoms with Crippen molar-refractivity contribution in [2.45, 2.75) is 70.0 Å². The molecule has 0 radical (unpaired) electrons. The van der Waals surface area contributed by atoms with E-state index in [4.69, 9.17) is 4.98 Å². The van der Waals surface area contributed by atoms with E-state index in [2.05, 4.69) is 10.6 Å². The molecule has 3 aromatic rings. The monoisotopic (exact) mass is 522 g/mol. The minimum absolute atomic E-state index is 0.0141. The molecular weight excluding hydrogens is 487 g/mol. The van der Waals surface area contributed by atoms with Crippen molar-refractivity contribution in [1.29, 1.82) is 0 Å². The molecule has 3 atom stereocenters. The van der Waals surface area contributed by atoms with Crippen LogP contribution in [0.4, 0.5) is 4.39 Å². The summed E-state index contributed by atoms with van der Waals surface area (Å²) in [4.78, 5) is 33.8. The van der Waals surface area contributed by atoms with Crippen molar-refractivity contribution in [1.82, 2.24) is 20.5 Å². The Morgan fingerprint density at radius 3 is 2.57 bits per heavy atom. The van der Waals surface area contributed by atoms with Crippen LogP contribution in [-0.4, -0.2) is 47.4 Å². The molecule has 1 saturated heterocycles. The first-order valence-corrected chi connectivity index (χ1v) is 14.2. The smallest absolute Gasteiger partial charge is 0.246 e. The highest BCUT2D eigenvalue weighted by molar-refractivity contribution is 7.18. The van der Waals surface area contributed by atoms with Crippen LogP contribution in [0.2, 0.25) is 0 Å². The SMILES string of the molecule is CN[C@@H](C)C(=O)N[C@H](C(=O)N1CCC[C@H]1c1nc2c(-c3ccccc3)cc(F)cc2s1)C1CCCCC1. The number of amides is 2. The number of thiazole rings is 1. The molecular formula is C29H35FN4O2S. The maximum Gasteiger partial charge on any atom is 0.246 e. The Morgan fingerprint density at radius 1 is 1.08 bits per heavy atom. The number of carbonyl (C=O) groups is 2. The predicted molar refractivity (Wildman–Crippen MR) is 146 cm³/mol. The van der Waals surface area contributed by atoms with Crippen molar-refractivity contribution in [2.75, 3.05) is 13.6 Å². The molecule has 2 aliphatic rings. The molecule has 0 bridgehead atoms. The van der Waals surface area contributed by atoms with Gasteiger partial charge in [-0.05, 0) is 63.3 Å². The van der Waals surface area contributed by atoms with E-state index in [0.717, 1.165) is 64.9 Å². The quantitative estimate of drug-likeness (QED) is 0.433. The lowest BCUT2D eigenvalue weighted by molar-refractivity contribution is -0.139. The molecule has 1 saturated carbocycles. The number of benzene rings is 2. The fraction of sp³-hybridized carbons (Fsp3) is 0.483. The van der Waals surface area contributed by atoms with Gasteiger partial charge in [0.1, 0.15) is 16.9 Å². The fourth-order valence-electron chi connectivity index (χ4n) is 5.72. The maximum absolute atomic E-state index is 14.6. The van der Waals surface area contributed by atoms with E-state index < -0.39 is 6.04 Å². The van der Waals surface area contributed by atoms with Gasteiger partial charge in [-0.2, -0.15) is 0 Å². The number of aromatic nitrogens is 1. The Morgan fingerprint density at radius 2 is 1.84 bits per heavy atom. The van der Waals surface area contributed by atoms with Gasteiger partial charge in [0.2, 0.25) is 11.8 Å². The molecule has 2 N–H and O–H groups in total. The molecule has 1 aliphatic carbocycles. The number of nitrogens with zero attached hydrogens (tertiary/aromatic N) is 2. The number of hydrogen-bond donors (Lipinski definition) is 2. The summed E-state index contributed by atoms with van der Waals surface area (Å²) in [6.45, 7) is 2.45. The Bertz CT molecular complexity index is 1260. The first-order valence-electron chi connectivity index (χ1n) is 13.4. The molecule has 6 nitrogen and oxygen atoms in total. The van der Waals surface area contributed by atoms with Crippen molar-refractivity contribution < 1.29 is 14.0 Å². The summed E-state index contributed by atoms with van der Waals surface area (Å²) >= 11 is 1.47. The summed E-state index contributed by atoms with van der Waals surface area (Å²) in [5.41, 5.74) is 2.45. The third kappa shape index (κ3) is 5.41. The summed E-state index contributed by atoms with van der Waals surface area (Å²) < 4.78 is 15.4. The Kier molecular flexibility index (Phi) is 7.86. The largest absolute Gasteiger partial charge is 0.343 e. The number of nitrogens with one attached hydrogen (secondary N) is 2. The summed E-state index contributed by atoms with van der Waals surface area (Å²) in [6, 6.07) is 11.7. The van der Waals surface area contributed by atoms with Gasteiger partial charge in [-0.1, -0.05) is 49.6 Å². The Labute approximate surface area is 221 Å². The lowest BCUT2D eigenvalue weighted by Crippen LogP contribution is -2.55. The number of carbonyl (C=O) groups excluding carboxylic acids is 2. The second kappa shape index (κ2) is 11.3. The lowest BCUT2D eigenvalue weighted by atomic mass is 9.83. The standard InChI is InChI=1S/C29H35FN4O2S/c1-18(31-2)27(35)32-25(20-12-7-4-8-13-20)29(36)34-15-9-14-23(34)28-33-26-22(19-10-5-3-6-11-19)16-21(30)17-24(26)37-28/h3,5-6,10-11,16-18,20,23,25,31H,4,7-9,12-15H2,1-2H3,(H,32,35)/t18-,23-,25-/m0/s1. The van der Waals surface area contributed by atoms with Gasteiger partial charge in [0.25, 0.3) is 0 Å². The Hall–Kier alpha value is -2.84. The van der Waals surface area contributed by atoms with Crippen LogP contribution in [0.5, 0.6) is 0 Å². The molecule has 8 heteroatoms. The van der Waals surface area contributed by atoms with Crippen LogP contribution in [0.15, 0.2) is 42.5 Å². The summed E-state index contributed by atoms with van der Waals surface area (Å²) in [7, 11) is 1.75. The third-order valence-corrected chi connectivity index (χ3v) is 9.00. The van der Waals surface area contributed by atoms with Gasteiger partial charge >= 0.3 is 0 Å². The molecule has 1 aromatic heterocycles. The van der Waals surface area contributed by atoms with Crippen molar-refractivity contribution >= 4 is 33.4 Å². The van der Waals surface area contributed by atoms with Crippen molar-refractivity contribution in [3.05, 3.63) is 53.3 Å². The van der Waals surface area contributed by atoms with Gasteiger partial charge in [-0.25, -0.2) is 9.37 Å². The lowest BCUT2D eigenvalue weighted by Gasteiger charge is -2.35. The number of halogens is 1. The zero-order valence-corrected chi connectivity index (χ0v) is 22.3. The average Bonchev–Trinajstić information content (AvgIpc) is 3.58. The average molecular weight is 523 g/mol. The second-order valence-electron chi connectivity index (χ2n) is 10.3. The first kappa shape index (κ1) is 25.8. The van der Waals surface area contributed by atoms with Crippen LogP contribution in [0.3, 0.4) is 0 Å². The van der Waals surface area contributed by atoms with E-state index in [1.54, 1.807) is 14.0 Å². The van der Waals surface area contributed by atoms with Crippen molar-refractivity contribution in [3.8, 4) is 11.1 Å². The van der Waals surface area contributed by atoms with Crippen LogP contribution in [0.25, 0.3) is 21.3 Å². The predicted octanol–water partition coefficient (Wildman–Crippen LogP) is 5.44. The molecule has 2 aromatic carbocycles. The highest BCUT2D eigenvalue weighted by atomic mass is 32.1. The zero-order valence-electron chi connectivity index (χ0n) is 21.5. The van der Waals surface area contributed by atoms with Crippen LogP contribution < -0.4 is 10.6 Å². The molecule has 0 unspecified atom stereocenters. The van der Waals surface area contributed by atoms with E-state index in [9.17, 15) is 14.0 Å². The summed E-state index contributed by atoms with van der Waals surface area (Å²) in [5.74, 6) is -0.311. The number of fused-ring (bicyclic) bond motifs is 1. The normalized spacial score (nSPS) is 20.2. The first-order chi connectivity index (χ1) is 18.0. The van der Waals surface area contributed by atoms with E-state index in [-0.39, 0.29) is 35.6 Å². The molecule has 1 aliphatic heterocycles. The molecule has 196 valence electrons. The van der Waals surface area contributed by atoms with Gasteiger partial charge in [-0.15, -0.1) is 11.3 Å². The van der Waals surface area contributed by atoms with E-state index in [1.807, 2.05) is 35.2 Å². The maximum atomic E-state index is 14.6. The zero-order chi connectivity index (χ0) is 25.9. The van der Waals surface area contributed by atoms with Gasteiger partial charge in [0.15, 0.2) is 0 Å². The van der Waals surface area contributed by atoms with Crippen LogP contribution in [0, 0.1) is 11.7 Å². The molecule has 5 rings (SSSR count). The third-order valence-electron chi connectivity index (χ3n) is 7.89. The molecule has 37 heavy (non-hydrogen) atoms. The van der Waals surface area contributed by atoms with E-state index in [0.29, 0.717) is 6.54 Å². The van der Waals surface area contributed by atoms with E-state index in [1.165, 1.54) is 29.9 Å². The highest BCUT2D eigenvalue weighted by Gasteiger charge is 2.40.